The maximum Gasteiger partial charge on any atom is 0.0628 e. The Morgan fingerprint density at radius 2 is 1.62 bits per heavy atom. The maximum atomic E-state index is 3.97. The van der Waals surface area contributed by atoms with Crippen molar-refractivity contribution in [2.75, 3.05) is 0 Å². The molecule has 0 spiro atoms. The topological polar surface area (TPSA) is 0 Å². The van der Waals surface area contributed by atoms with Crippen LogP contribution in [0.1, 0.15) is 30.4 Å². The van der Waals surface area contributed by atoms with Crippen LogP contribution in [0.25, 0.3) is 0 Å². The van der Waals surface area contributed by atoms with Crippen molar-refractivity contribution < 1.29 is 0 Å². The fraction of sp³-hybridized carbons (Fsp3) is 0.238. The number of rotatable bonds is 4. The van der Waals surface area contributed by atoms with Gasteiger partial charge in [0.2, 0.25) is 0 Å². The molecule has 0 N–H and O–H groups in total. The minimum atomic E-state index is -0.0706. The molecule has 1 saturated carbocycles. The maximum absolute atomic E-state index is 3.97. The van der Waals surface area contributed by atoms with Gasteiger partial charge in [-0.15, -0.1) is 6.58 Å². The molecule has 104 valence electrons. The molecule has 0 nitrogen and oxygen atoms in total. The summed E-state index contributed by atoms with van der Waals surface area (Å²) in [7, 11) is 0. The molecule has 0 aromatic heterocycles. The van der Waals surface area contributed by atoms with Crippen molar-refractivity contribution in [2.24, 2.45) is 5.92 Å². The molecule has 3 rings (SSSR count). The summed E-state index contributed by atoms with van der Waals surface area (Å²) in [5.74, 6) is 7.66. The summed E-state index contributed by atoms with van der Waals surface area (Å²) < 4.78 is 0. The molecule has 0 aliphatic heterocycles. The predicted octanol–water partition coefficient (Wildman–Crippen LogP) is 4.96. The van der Waals surface area contributed by atoms with E-state index < -0.39 is 0 Å². The van der Waals surface area contributed by atoms with Gasteiger partial charge in [0, 0.05) is 5.56 Å². The minimum absolute atomic E-state index is 0.0706. The molecule has 1 aliphatic rings. The molecule has 1 atom stereocenters. The Morgan fingerprint density at radius 1 is 1.00 bits per heavy atom. The van der Waals surface area contributed by atoms with Gasteiger partial charge in [0.15, 0.2) is 0 Å². The second kappa shape index (κ2) is 6.02. The van der Waals surface area contributed by atoms with E-state index in [2.05, 4.69) is 60.9 Å². The summed E-state index contributed by atoms with van der Waals surface area (Å²) in [6.07, 6.45) is 5.48. The summed E-state index contributed by atoms with van der Waals surface area (Å²) in [6.45, 7) is 3.97. The quantitative estimate of drug-likeness (QED) is 0.545. The first-order valence-electron chi connectivity index (χ1n) is 7.60. The molecule has 0 heterocycles. The SMILES string of the molecule is C=CCC(C#Cc1ccccc1)(c1ccccc1)C1CC1. The van der Waals surface area contributed by atoms with E-state index in [0.717, 1.165) is 12.0 Å². The molecule has 0 heteroatoms. The van der Waals surface area contributed by atoms with Crippen LogP contribution in [0.5, 0.6) is 0 Å². The van der Waals surface area contributed by atoms with Gasteiger partial charge in [-0.3, -0.25) is 0 Å². The first-order valence-corrected chi connectivity index (χ1v) is 7.60. The molecule has 0 bridgehead atoms. The third-order valence-corrected chi connectivity index (χ3v) is 4.23. The highest BCUT2D eigenvalue weighted by Crippen LogP contribution is 2.49. The van der Waals surface area contributed by atoms with E-state index in [-0.39, 0.29) is 5.41 Å². The predicted molar refractivity (Wildman–Crippen MR) is 89.0 cm³/mol. The lowest BCUT2D eigenvalue weighted by Gasteiger charge is -2.28. The fourth-order valence-electron chi connectivity index (χ4n) is 2.99. The van der Waals surface area contributed by atoms with Crippen molar-refractivity contribution >= 4 is 0 Å². The summed E-state index contributed by atoms with van der Waals surface area (Å²) in [4.78, 5) is 0. The molecule has 2 aromatic rings. The van der Waals surface area contributed by atoms with E-state index in [0.29, 0.717) is 5.92 Å². The lowest BCUT2D eigenvalue weighted by molar-refractivity contribution is 0.491. The van der Waals surface area contributed by atoms with Gasteiger partial charge < -0.3 is 0 Å². The van der Waals surface area contributed by atoms with E-state index in [1.807, 2.05) is 24.3 Å². The fourth-order valence-corrected chi connectivity index (χ4v) is 2.99. The summed E-state index contributed by atoms with van der Waals surface area (Å²) in [5, 5.41) is 0. The Bertz CT molecular complexity index is 653. The molecular weight excluding hydrogens is 252 g/mol. The Hall–Kier alpha value is -2.26. The van der Waals surface area contributed by atoms with Crippen LogP contribution in [0.15, 0.2) is 73.3 Å². The number of hydrogen-bond acceptors (Lipinski definition) is 0. The van der Waals surface area contributed by atoms with Gasteiger partial charge in [-0.25, -0.2) is 0 Å². The summed E-state index contributed by atoms with van der Waals surface area (Å²) in [5.41, 5.74) is 2.34. The lowest BCUT2D eigenvalue weighted by atomic mass is 9.74. The highest BCUT2D eigenvalue weighted by atomic mass is 14.5. The Labute approximate surface area is 127 Å². The Balaban J connectivity index is 2.04. The van der Waals surface area contributed by atoms with Crippen molar-refractivity contribution in [1.29, 1.82) is 0 Å². The monoisotopic (exact) mass is 272 g/mol. The Kier molecular flexibility index (Phi) is 3.93. The second-order valence-corrected chi connectivity index (χ2v) is 5.72. The summed E-state index contributed by atoms with van der Waals surface area (Å²) in [6, 6.07) is 21.0. The minimum Gasteiger partial charge on any atom is -0.103 e. The van der Waals surface area contributed by atoms with Crippen molar-refractivity contribution in [2.45, 2.75) is 24.7 Å². The second-order valence-electron chi connectivity index (χ2n) is 5.72. The number of allylic oxidation sites excluding steroid dienone is 1. The first kappa shape index (κ1) is 13.7. The molecule has 0 amide bonds. The third-order valence-electron chi connectivity index (χ3n) is 4.23. The van der Waals surface area contributed by atoms with E-state index in [4.69, 9.17) is 0 Å². The van der Waals surface area contributed by atoms with E-state index in [1.54, 1.807) is 0 Å². The molecule has 1 fully saturated rings. The Morgan fingerprint density at radius 3 is 2.19 bits per heavy atom. The molecule has 21 heavy (non-hydrogen) atoms. The van der Waals surface area contributed by atoms with Crippen LogP contribution in [0.4, 0.5) is 0 Å². The number of benzene rings is 2. The lowest BCUT2D eigenvalue weighted by Crippen LogP contribution is -2.26. The normalized spacial score (nSPS) is 16.4. The zero-order valence-electron chi connectivity index (χ0n) is 12.3. The third kappa shape index (κ3) is 2.93. The largest absolute Gasteiger partial charge is 0.103 e. The smallest absolute Gasteiger partial charge is 0.0628 e. The molecule has 2 aromatic carbocycles. The highest BCUT2D eigenvalue weighted by Gasteiger charge is 2.44. The van der Waals surface area contributed by atoms with Gasteiger partial charge in [0.05, 0.1) is 5.41 Å². The zero-order chi connectivity index (χ0) is 14.5. The van der Waals surface area contributed by atoms with Crippen molar-refractivity contribution in [1.82, 2.24) is 0 Å². The standard InChI is InChI=1S/C21H20/c1-2-16-21(20-13-14-20,19-11-7-4-8-12-19)17-15-18-9-5-3-6-10-18/h2-12,20H,1,13-14,16H2. The molecule has 0 saturated heterocycles. The molecule has 0 radical (unpaired) electrons. The van der Waals surface area contributed by atoms with Gasteiger partial charge in [-0.2, -0.15) is 0 Å². The van der Waals surface area contributed by atoms with Crippen LogP contribution >= 0.6 is 0 Å². The van der Waals surface area contributed by atoms with Gasteiger partial charge in [0.1, 0.15) is 0 Å². The van der Waals surface area contributed by atoms with Crippen molar-refractivity contribution in [3.63, 3.8) is 0 Å². The van der Waals surface area contributed by atoms with Crippen LogP contribution in [0, 0.1) is 17.8 Å². The molecule has 1 unspecified atom stereocenters. The zero-order valence-corrected chi connectivity index (χ0v) is 12.3. The van der Waals surface area contributed by atoms with E-state index in [1.165, 1.54) is 18.4 Å². The van der Waals surface area contributed by atoms with Gasteiger partial charge in [0.25, 0.3) is 0 Å². The average Bonchev–Trinajstić information content (AvgIpc) is 3.39. The average molecular weight is 272 g/mol. The summed E-state index contributed by atoms with van der Waals surface area (Å²) >= 11 is 0. The van der Waals surface area contributed by atoms with Crippen LogP contribution in [-0.4, -0.2) is 0 Å². The van der Waals surface area contributed by atoms with E-state index >= 15 is 0 Å². The van der Waals surface area contributed by atoms with Crippen molar-refractivity contribution in [3.8, 4) is 11.8 Å². The van der Waals surface area contributed by atoms with Crippen LogP contribution in [-0.2, 0) is 5.41 Å². The number of hydrogen-bond donors (Lipinski definition) is 0. The van der Waals surface area contributed by atoms with Crippen LogP contribution < -0.4 is 0 Å². The van der Waals surface area contributed by atoms with Crippen molar-refractivity contribution in [3.05, 3.63) is 84.4 Å². The molecule has 1 aliphatic carbocycles. The van der Waals surface area contributed by atoms with Gasteiger partial charge >= 0.3 is 0 Å². The van der Waals surface area contributed by atoms with E-state index in [9.17, 15) is 0 Å². The van der Waals surface area contributed by atoms with Gasteiger partial charge in [-0.1, -0.05) is 66.4 Å². The van der Waals surface area contributed by atoms with Gasteiger partial charge in [-0.05, 0) is 42.9 Å². The first-order chi connectivity index (χ1) is 10.3. The van der Waals surface area contributed by atoms with Crippen LogP contribution in [0.3, 0.4) is 0 Å². The highest BCUT2D eigenvalue weighted by molar-refractivity contribution is 5.44. The molecular formula is C21H20. The van der Waals surface area contributed by atoms with Crippen LogP contribution in [0.2, 0.25) is 0 Å².